The Bertz CT molecular complexity index is 2390. The molecule has 4 fully saturated rings. The summed E-state index contributed by atoms with van der Waals surface area (Å²) in [7, 11) is -18.3. The van der Waals surface area contributed by atoms with Gasteiger partial charge in [0.05, 0.1) is 25.2 Å². The molecule has 430 valence electrons. The largest absolute Gasteiger partial charge is 3.00 e. The van der Waals surface area contributed by atoms with Crippen molar-refractivity contribution in [2.24, 2.45) is 11.8 Å². The van der Waals surface area contributed by atoms with E-state index in [-0.39, 0.29) is 98.3 Å². The third-order valence-electron chi connectivity index (χ3n) is 14.2. The molecule has 2 heterocycles. The Balaban J connectivity index is 0.000000654. The summed E-state index contributed by atoms with van der Waals surface area (Å²) < 4.78 is 176. The number of likely N-dealkylation sites (tertiary alicyclic amines) is 2. The van der Waals surface area contributed by atoms with Gasteiger partial charge >= 0.3 is 42.4 Å². The van der Waals surface area contributed by atoms with Crippen LogP contribution in [0.4, 0.5) is 50.9 Å². The number of benzene rings is 2. The van der Waals surface area contributed by atoms with E-state index in [9.17, 15) is 49.1 Å². The third-order valence-corrected chi connectivity index (χ3v) is 15.9. The molecule has 2 aliphatic carbocycles. The molecule has 4 aliphatic rings. The molecule has 17 nitrogen and oxygen atoms in total. The Kier molecular flexibility index (Phi) is 23.9. The van der Waals surface area contributed by atoms with Crippen molar-refractivity contribution in [3.8, 4) is 0 Å². The number of para-hydroxylation sites is 2. The summed E-state index contributed by atoms with van der Waals surface area (Å²) in [5, 5.41) is 36.9. The van der Waals surface area contributed by atoms with E-state index in [4.69, 9.17) is 38.9 Å². The van der Waals surface area contributed by atoms with Crippen LogP contribution in [0.25, 0.3) is 0 Å². The van der Waals surface area contributed by atoms with Crippen LogP contribution in [0.2, 0.25) is 0 Å². The zero-order chi connectivity index (χ0) is 57.8. The smallest absolute Gasteiger partial charge is 0.741 e. The van der Waals surface area contributed by atoms with E-state index in [2.05, 4.69) is 102 Å². The molecule has 0 radical (unpaired) electrons. The van der Waals surface area contributed by atoms with Crippen molar-refractivity contribution >= 4 is 53.5 Å². The van der Waals surface area contributed by atoms with Crippen LogP contribution in [0.15, 0.2) is 36.4 Å². The molecule has 8 atom stereocenters. The molecule has 2 amide bonds. The van der Waals surface area contributed by atoms with E-state index >= 15 is 10.4 Å². The predicted molar refractivity (Wildman–Crippen MR) is 254 cm³/mol. The van der Waals surface area contributed by atoms with Crippen molar-refractivity contribution in [1.29, 1.82) is 0 Å². The molecule has 0 bridgehead atoms. The molecule has 0 aromatic heterocycles. The van der Waals surface area contributed by atoms with E-state index in [1.54, 1.807) is 0 Å². The number of carbonyl (C=O) groups is 2. The zero-order valence-corrected chi connectivity index (χ0v) is 47.2. The quantitative estimate of drug-likeness (QED) is 0.0659. The maximum Gasteiger partial charge on any atom is 3.00 e. The molecule has 6 rings (SSSR count). The van der Waals surface area contributed by atoms with Crippen molar-refractivity contribution < 1.29 is 123 Å². The van der Waals surface area contributed by atoms with Crippen molar-refractivity contribution in [3.05, 3.63) is 69.1 Å². The molecular formula is C46H64F9N4O13S3Sc. The molecule has 0 unspecified atom stereocenters. The number of quaternary nitrogens is 2. The minimum absolute atomic E-state index is 0. The number of hydrogen-bond acceptors (Lipinski definition) is 13. The third kappa shape index (κ3) is 16.9. The maximum absolute atomic E-state index is 15.2. The van der Waals surface area contributed by atoms with Crippen LogP contribution in [-0.2, 0) is 65.8 Å². The second-order valence-corrected chi connectivity index (χ2v) is 24.6. The summed E-state index contributed by atoms with van der Waals surface area (Å²) in [5.74, 6) is 1.02. The fraction of sp³-hybridized carbons (Fsp3) is 0.696. The summed E-state index contributed by atoms with van der Waals surface area (Å²) in [6.45, 7) is 17.6. The zero-order valence-electron chi connectivity index (χ0n) is 42.9. The van der Waals surface area contributed by atoms with Gasteiger partial charge in [-0.15, -0.1) is 0 Å². The van der Waals surface area contributed by atoms with Gasteiger partial charge in [-0.25, -0.2) is 25.3 Å². The number of nitrogens with zero attached hydrogens (tertiary/aromatic N) is 2. The first-order valence-electron chi connectivity index (χ1n) is 24.0. The number of rotatable bonds is 12. The van der Waals surface area contributed by atoms with Crippen LogP contribution in [-0.4, -0.2) is 114 Å². The molecule has 76 heavy (non-hydrogen) atoms. The first kappa shape index (κ1) is 69.3. The van der Waals surface area contributed by atoms with Crippen LogP contribution in [0.1, 0.15) is 159 Å². The van der Waals surface area contributed by atoms with Gasteiger partial charge in [0.2, 0.25) is 0 Å². The second-order valence-electron chi connectivity index (χ2n) is 20.4. The van der Waals surface area contributed by atoms with Gasteiger partial charge in [-0.2, -0.15) is 39.5 Å². The van der Waals surface area contributed by atoms with E-state index in [1.165, 1.54) is 0 Å². The van der Waals surface area contributed by atoms with Gasteiger partial charge < -0.3 is 44.0 Å². The Morgan fingerprint density at radius 3 is 0.974 bits per heavy atom. The number of hydroxylamine groups is 6. The normalized spacial score (nSPS) is 25.6. The monoisotopic (exact) mass is 1190 g/mol. The number of halogens is 9. The van der Waals surface area contributed by atoms with Gasteiger partial charge in [0.15, 0.2) is 42.4 Å². The second kappa shape index (κ2) is 26.2. The van der Waals surface area contributed by atoms with Gasteiger partial charge in [-0.05, 0) is 71.6 Å². The average Bonchev–Trinajstić information content (AvgIpc) is 4.03. The summed E-state index contributed by atoms with van der Waals surface area (Å²) in [5.41, 5.74) is -10.8. The Morgan fingerprint density at radius 2 is 0.763 bits per heavy atom. The number of fused-ring (bicyclic) bond motifs is 2. The maximum atomic E-state index is 15.2. The molecule has 2 aromatic rings. The molecule has 2 saturated heterocycles. The van der Waals surface area contributed by atoms with Crippen molar-refractivity contribution in [1.82, 2.24) is 0 Å². The van der Waals surface area contributed by atoms with Gasteiger partial charge in [0.25, 0.3) is 11.8 Å². The predicted octanol–water partition coefficient (Wildman–Crippen LogP) is 9.81. The number of amides is 2. The minimum Gasteiger partial charge on any atom is -0.741 e. The van der Waals surface area contributed by atoms with E-state index < -0.39 is 68.3 Å². The summed E-state index contributed by atoms with van der Waals surface area (Å²) in [6.07, 6.45) is 7.28. The van der Waals surface area contributed by atoms with Crippen molar-refractivity contribution in [2.45, 2.75) is 178 Å². The Hall–Kier alpha value is -2.81. The first-order valence-corrected chi connectivity index (χ1v) is 28.2. The summed E-state index contributed by atoms with van der Waals surface area (Å²) >= 11 is 0. The minimum atomic E-state index is -6.09. The average molecular weight is 1190 g/mol. The van der Waals surface area contributed by atoms with Gasteiger partial charge in [-0.3, -0.25) is 9.59 Å². The van der Waals surface area contributed by atoms with E-state index in [0.717, 1.165) is 72.2 Å². The summed E-state index contributed by atoms with van der Waals surface area (Å²) in [4.78, 5) is 28.5. The van der Waals surface area contributed by atoms with Crippen LogP contribution in [0, 0.1) is 22.3 Å². The first-order chi connectivity index (χ1) is 33.9. The standard InChI is InChI=1S/C43H64N4O4.3CHF3O3S.Sc/c1-26(2)32-16-11-17-33(27(3)4)40(32)44-42(48)38-24-30-14-9-20-36(30)46(38,50)22-13-23-47(51)37-21-10-15-31(37)25-39(47)43(49)45-41-34(28(5)6)18-12-19-35(41)29(7)8;3*2-1(3,4)8(5,6)7;/h11-12,16-19,26-31,36-39H,9-10,13-15,20-25H2,1-8H3,(H,44,48)(H,45,49);3*(H,5,6,7);/q;;;;+3/p-3/t30-,31-,36-,37-,38-,39-,46-,47-;;;;/m0..../s1. The number of carbonyl (C=O) groups excluding carboxylic acids is 2. The van der Waals surface area contributed by atoms with Crippen molar-refractivity contribution in [3.63, 3.8) is 0 Å². The van der Waals surface area contributed by atoms with E-state index in [0.29, 0.717) is 19.3 Å². The topological polar surface area (TPSA) is 276 Å². The molecule has 30 heteroatoms. The number of anilines is 2. The fourth-order valence-electron chi connectivity index (χ4n) is 10.8. The van der Waals surface area contributed by atoms with Crippen LogP contribution in [0.3, 0.4) is 0 Å². The van der Waals surface area contributed by atoms with Crippen LogP contribution < -0.4 is 10.6 Å². The molecule has 2 aliphatic heterocycles. The van der Waals surface area contributed by atoms with Gasteiger partial charge in [0, 0.05) is 55.3 Å². The Morgan fingerprint density at radius 1 is 0.526 bits per heavy atom. The fourth-order valence-corrected chi connectivity index (χ4v) is 10.8. The molecular weight excluding hydrogens is 1130 g/mol. The van der Waals surface area contributed by atoms with E-state index in [1.807, 2.05) is 0 Å². The molecule has 0 spiro atoms. The molecule has 2 N–H and O–H groups in total. The van der Waals surface area contributed by atoms with Crippen LogP contribution in [0.5, 0.6) is 0 Å². The number of alkyl halides is 9. The SMILES string of the molecule is CC(C)c1cccc(C(C)C)c1NC(=O)[C@@H]1C[C@@H]2CCC[C@@H]2[N@@+]1([O-])CCC[N@@+]1([O-])[C@H](C(=O)Nc2c(C(C)C)cccc2C(C)C)C[C@@H]2CCC[C@@H]21.O=S(=O)([O-])C(F)(F)F.O=S(=O)([O-])C(F)(F)F.O=S(=O)([O-])C(F)(F)F.[Sc+3]. The number of nitrogens with one attached hydrogen (secondary N) is 2. The number of hydrogen-bond donors (Lipinski definition) is 2. The summed E-state index contributed by atoms with van der Waals surface area (Å²) in [6, 6.07) is 10.8. The molecule has 2 saturated carbocycles. The van der Waals surface area contributed by atoms with Gasteiger partial charge in [0.1, 0.15) is 0 Å². The van der Waals surface area contributed by atoms with Crippen LogP contribution >= 0.6 is 0 Å². The van der Waals surface area contributed by atoms with Gasteiger partial charge in [-0.1, -0.05) is 91.8 Å². The Labute approximate surface area is 456 Å². The van der Waals surface area contributed by atoms with Crippen molar-refractivity contribution in [2.75, 3.05) is 23.7 Å². The molecule has 2 aromatic carbocycles.